The van der Waals surface area contributed by atoms with Crippen LogP contribution in [0.1, 0.15) is 16.3 Å². The number of aryl methyl sites for hydroxylation is 1. The zero-order chi connectivity index (χ0) is 13.9. The molecule has 0 atom stereocenters. The molecule has 102 valence electrons. The van der Waals surface area contributed by atoms with Crippen molar-refractivity contribution in [3.8, 4) is 0 Å². The van der Waals surface area contributed by atoms with Crippen molar-refractivity contribution >= 4 is 17.2 Å². The van der Waals surface area contributed by atoms with Gasteiger partial charge in [0, 0.05) is 24.5 Å². The molecule has 0 radical (unpaired) electrons. The summed E-state index contributed by atoms with van der Waals surface area (Å²) in [5, 5.41) is 5.79. The molecule has 0 saturated carbocycles. The number of nitrogens with one attached hydrogen (secondary N) is 1. The molecule has 2 heterocycles. The Morgan fingerprint density at radius 3 is 2.79 bits per heavy atom. The maximum atomic E-state index is 12.5. The van der Waals surface area contributed by atoms with Crippen LogP contribution in [0, 0.1) is 6.92 Å². The van der Waals surface area contributed by atoms with Crippen molar-refractivity contribution in [2.75, 3.05) is 11.9 Å². The van der Waals surface area contributed by atoms with Gasteiger partial charge in [0.1, 0.15) is 5.82 Å². The molecule has 0 bridgehead atoms. The first kappa shape index (κ1) is 13.8. The topological polar surface area (TPSA) is 37.8 Å². The highest BCUT2D eigenvalue weighted by molar-refractivity contribution is 7.09. The van der Waals surface area contributed by atoms with E-state index in [4.69, 9.17) is 0 Å². The lowest BCUT2D eigenvalue weighted by atomic mass is 10.2. The molecule has 19 heavy (non-hydrogen) atoms. The second-order valence-electron chi connectivity index (χ2n) is 3.96. The van der Waals surface area contributed by atoms with E-state index in [1.54, 1.807) is 11.3 Å². The van der Waals surface area contributed by atoms with Gasteiger partial charge in [-0.2, -0.15) is 13.2 Å². The van der Waals surface area contributed by atoms with Crippen LogP contribution in [0.15, 0.2) is 23.7 Å². The van der Waals surface area contributed by atoms with E-state index in [1.165, 1.54) is 0 Å². The Hall–Kier alpha value is -1.63. The zero-order valence-corrected chi connectivity index (χ0v) is 11.0. The van der Waals surface area contributed by atoms with Gasteiger partial charge in [-0.15, -0.1) is 11.3 Å². The Morgan fingerprint density at radius 2 is 2.16 bits per heavy atom. The molecule has 0 aliphatic heterocycles. The van der Waals surface area contributed by atoms with Gasteiger partial charge < -0.3 is 5.32 Å². The fourth-order valence-electron chi connectivity index (χ4n) is 1.55. The number of aromatic nitrogens is 2. The van der Waals surface area contributed by atoms with Gasteiger partial charge in [0.2, 0.25) is 0 Å². The molecular formula is C12H12F3N3S. The summed E-state index contributed by atoms with van der Waals surface area (Å²) in [5.74, 6) is 0.224. The molecule has 2 rings (SSSR count). The van der Waals surface area contributed by atoms with Gasteiger partial charge in [0.15, 0.2) is 0 Å². The molecule has 2 aromatic rings. The van der Waals surface area contributed by atoms with Gasteiger partial charge in [-0.05, 0) is 19.1 Å². The molecule has 1 N–H and O–H groups in total. The van der Waals surface area contributed by atoms with Crippen molar-refractivity contribution in [3.05, 3.63) is 40.0 Å². The van der Waals surface area contributed by atoms with E-state index in [2.05, 4.69) is 15.3 Å². The van der Waals surface area contributed by atoms with Crippen molar-refractivity contribution in [2.24, 2.45) is 0 Å². The van der Waals surface area contributed by atoms with E-state index >= 15 is 0 Å². The van der Waals surface area contributed by atoms with Crippen LogP contribution in [0.25, 0.3) is 0 Å². The molecule has 0 fully saturated rings. The minimum absolute atomic E-state index is 0.224. The van der Waals surface area contributed by atoms with Crippen LogP contribution in [0.4, 0.5) is 19.0 Å². The first-order chi connectivity index (χ1) is 8.95. The highest BCUT2D eigenvalue weighted by atomic mass is 32.1. The predicted molar refractivity (Wildman–Crippen MR) is 68.3 cm³/mol. The van der Waals surface area contributed by atoms with Gasteiger partial charge in [0.25, 0.3) is 0 Å². The number of hydrogen-bond acceptors (Lipinski definition) is 4. The van der Waals surface area contributed by atoms with E-state index in [9.17, 15) is 13.2 Å². The molecular weight excluding hydrogens is 275 g/mol. The lowest BCUT2D eigenvalue weighted by Gasteiger charge is -2.09. The molecule has 3 nitrogen and oxygen atoms in total. The van der Waals surface area contributed by atoms with Crippen LogP contribution in [-0.4, -0.2) is 16.5 Å². The van der Waals surface area contributed by atoms with Crippen LogP contribution in [0.5, 0.6) is 0 Å². The number of nitrogens with zero attached hydrogens (tertiary/aromatic N) is 2. The Morgan fingerprint density at radius 1 is 1.37 bits per heavy atom. The summed E-state index contributed by atoms with van der Waals surface area (Å²) >= 11 is 1.55. The van der Waals surface area contributed by atoms with Crippen LogP contribution in [0.2, 0.25) is 0 Å². The average molecular weight is 287 g/mol. The Bertz CT molecular complexity index is 551. The Labute approximate surface area is 112 Å². The molecule has 0 unspecified atom stereocenters. The number of alkyl halides is 3. The number of anilines is 1. The minimum Gasteiger partial charge on any atom is -0.370 e. The van der Waals surface area contributed by atoms with Crippen molar-refractivity contribution in [1.82, 2.24) is 9.97 Å². The fraction of sp³-hybridized carbons (Fsp3) is 0.333. The third-order valence-electron chi connectivity index (χ3n) is 2.44. The largest absolute Gasteiger partial charge is 0.416 e. The van der Waals surface area contributed by atoms with E-state index in [-0.39, 0.29) is 5.82 Å². The highest BCUT2D eigenvalue weighted by Gasteiger charge is 2.30. The highest BCUT2D eigenvalue weighted by Crippen LogP contribution is 2.29. The lowest BCUT2D eigenvalue weighted by molar-refractivity contribution is -0.137. The standard InChI is InChI=1S/C12H12F3N3S/c1-8-18-10(7-19-8)3-5-17-11-6-9(2-4-16-11)12(13,14)15/h2,4,6-7H,3,5H2,1H3,(H,16,17). The van der Waals surface area contributed by atoms with E-state index in [0.29, 0.717) is 13.0 Å². The molecule has 0 spiro atoms. The van der Waals surface area contributed by atoms with Crippen LogP contribution in [0.3, 0.4) is 0 Å². The second kappa shape index (κ2) is 5.56. The zero-order valence-electron chi connectivity index (χ0n) is 10.2. The van der Waals surface area contributed by atoms with Crippen molar-refractivity contribution in [3.63, 3.8) is 0 Å². The second-order valence-corrected chi connectivity index (χ2v) is 5.02. The Balaban J connectivity index is 1.93. The molecule has 2 aromatic heterocycles. The van der Waals surface area contributed by atoms with Gasteiger partial charge in [-0.25, -0.2) is 9.97 Å². The van der Waals surface area contributed by atoms with Gasteiger partial charge in [-0.1, -0.05) is 0 Å². The van der Waals surface area contributed by atoms with Crippen LogP contribution < -0.4 is 5.32 Å². The SMILES string of the molecule is Cc1nc(CCNc2cc(C(F)(F)F)ccn2)cs1. The third-order valence-corrected chi connectivity index (χ3v) is 3.26. The van der Waals surface area contributed by atoms with Gasteiger partial charge >= 0.3 is 6.18 Å². The summed E-state index contributed by atoms with van der Waals surface area (Å²) in [5.41, 5.74) is 0.233. The fourth-order valence-corrected chi connectivity index (χ4v) is 2.19. The minimum atomic E-state index is -4.34. The molecule has 0 aromatic carbocycles. The smallest absolute Gasteiger partial charge is 0.370 e. The Kier molecular flexibility index (Phi) is 4.04. The molecule has 7 heteroatoms. The summed E-state index contributed by atoms with van der Waals surface area (Å²) in [6.45, 7) is 2.41. The third kappa shape index (κ3) is 3.92. The van der Waals surface area contributed by atoms with Crippen molar-refractivity contribution in [2.45, 2.75) is 19.5 Å². The maximum Gasteiger partial charge on any atom is 0.416 e. The number of hydrogen-bond donors (Lipinski definition) is 1. The summed E-state index contributed by atoms with van der Waals surface area (Å²) in [6, 6.07) is 1.96. The molecule has 0 aliphatic rings. The van der Waals surface area contributed by atoms with Crippen LogP contribution in [-0.2, 0) is 12.6 Å². The average Bonchev–Trinajstić information content (AvgIpc) is 2.74. The van der Waals surface area contributed by atoms with E-state index in [0.717, 1.165) is 29.0 Å². The first-order valence-corrected chi connectivity index (χ1v) is 6.51. The normalized spacial score (nSPS) is 11.6. The molecule has 0 aliphatic carbocycles. The van der Waals surface area contributed by atoms with Crippen molar-refractivity contribution in [1.29, 1.82) is 0 Å². The van der Waals surface area contributed by atoms with Crippen LogP contribution >= 0.6 is 11.3 Å². The number of halogens is 3. The lowest BCUT2D eigenvalue weighted by Crippen LogP contribution is -2.09. The van der Waals surface area contributed by atoms with E-state index in [1.807, 2.05) is 12.3 Å². The number of rotatable bonds is 4. The molecule has 0 amide bonds. The van der Waals surface area contributed by atoms with Crippen molar-refractivity contribution < 1.29 is 13.2 Å². The summed E-state index contributed by atoms with van der Waals surface area (Å²) in [6.07, 6.45) is -2.54. The predicted octanol–water partition coefficient (Wildman–Crippen LogP) is 3.52. The van der Waals surface area contributed by atoms with Gasteiger partial charge in [-0.3, -0.25) is 0 Å². The number of thiazole rings is 1. The quantitative estimate of drug-likeness (QED) is 0.935. The van der Waals surface area contributed by atoms with E-state index < -0.39 is 11.7 Å². The maximum absolute atomic E-state index is 12.5. The summed E-state index contributed by atoms with van der Waals surface area (Å²) in [4.78, 5) is 8.14. The molecule has 0 saturated heterocycles. The summed E-state index contributed by atoms with van der Waals surface area (Å²) in [7, 11) is 0. The van der Waals surface area contributed by atoms with Gasteiger partial charge in [0.05, 0.1) is 16.3 Å². The first-order valence-electron chi connectivity index (χ1n) is 5.63. The summed E-state index contributed by atoms with van der Waals surface area (Å²) < 4.78 is 37.5. The number of pyridine rings is 1. The monoisotopic (exact) mass is 287 g/mol.